The first-order valence-electron chi connectivity index (χ1n) is 8.60. The summed E-state index contributed by atoms with van der Waals surface area (Å²) >= 11 is 5.37. The van der Waals surface area contributed by atoms with Gasteiger partial charge in [0.1, 0.15) is 5.60 Å². The summed E-state index contributed by atoms with van der Waals surface area (Å²) in [6, 6.07) is 5.83. The van der Waals surface area contributed by atoms with Gasteiger partial charge in [-0.05, 0) is 64.9 Å². The lowest BCUT2D eigenvalue weighted by atomic mass is 10.2. The summed E-state index contributed by atoms with van der Waals surface area (Å²) in [5, 5.41) is 5.82. The number of carbonyl (C=O) groups is 1. The van der Waals surface area contributed by atoms with Crippen LogP contribution in [0.15, 0.2) is 38.6 Å². The molecule has 1 saturated heterocycles. The molecule has 3 rings (SSSR count). The molecule has 1 aromatic heterocycles. The minimum Gasteiger partial charge on any atom is -0.462 e. The molecule has 2 aromatic rings. The minimum atomic E-state index is -0.318. The molecule has 142 valence electrons. The van der Waals surface area contributed by atoms with E-state index in [-0.39, 0.29) is 11.2 Å². The predicted octanol–water partition coefficient (Wildman–Crippen LogP) is 4.09. The Morgan fingerprint density at radius 1 is 1.23 bits per heavy atom. The van der Waals surface area contributed by atoms with Crippen LogP contribution in [-0.2, 0) is 9.53 Å². The fourth-order valence-corrected chi connectivity index (χ4v) is 4.15. The molecule has 0 atom stereocenters. The zero-order valence-electron chi connectivity index (χ0n) is 15.3. The lowest BCUT2D eigenvalue weighted by molar-refractivity contribution is -0.138. The Hall–Kier alpha value is -1.31. The molecule has 0 unspecified atom stereocenters. The maximum atomic E-state index is 11.8. The standard InChI is InChI=1S/C14H15BrN2OS.C5H10O2/c15-9-1-2-11-12(7-9)13(8-17-14(11)18)19-10-3-5-16-6-4-10;1-5(2,3)7-4-6/h1-2,7-8,10,16H,3-6H2,(H,17,18);4H,1-3H3. The fraction of sp³-hybridized carbons (Fsp3) is 0.474. The smallest absolute Gasteiger partial charge is 0.293 e. The van der Waals surface area contributed by atoms with E-state index in [1.807, 2.05) is 56.9 Å². The normalized spacial score (nSPS) is 15.2. The van der Waals surface area contributed by atoms with E-state index in [9.17, 15) is 9.59 Å². The number of fused-ring (bicyclic) bond motifs is 1. The van der Waals surface area contributed by atoms with E-state index in [1.54, 1.807) is 0 Å². The first kappa shape index (κ1) is 21.0. The number of aromatic amines is 1. The molecule has 2 N–H and O–H groups in total. The summed E-state index contributed by atoms with van der Waals surface area (Å²) in [6.45, 7) is 8.09. The molecule has 1 aliphatic heterocycles. The van der Waals surface area contributed by atoms with E-state index < -0.39 is 0 Å². The van der Waals surface area contributed by atoms with Crippen molar-refractivity contribution in [1.82, 2.24) is 10.3 Å². The Bertz CT molecular complexity index is 795. The number of hydrogen-bond acceptors (Lipinski definition) is 5. The van der Waals surface area contributed by atoms with Gasteiger partial charge in [0.25, 0.3) is 12.0 Å². The summed E-state index contributed by atoms with van der Waals surface area (Å²) in [7, 11) is 0. The number of aromatic nitrogens is 1. The van der Waals surface area contributed by atoms with Crippen LogP contribution in [0, 0.1) is 0 Å². The molecule has 0 spiro atoms. The van der Waals surface area contributed by atoms with Crippen LogP contribution in [0.5, 0.6) is 0 Å². The molecule has 0 aliphatic carbocycles. The number of nitrogens with one attached hydrogen (secondary N) is 2. The van der Waals surface area contributed by atoms with Gasteiger partial charge in [0, 0.05) is 31.6 Å². The Balaban J connectivity index is 0.000000298. The van der Waals surface area contributed by atoms with Gasteiger partial charge in [0.15, 0.2) is 0 Å². The first-order chi connectivity index (χ1) is 12.3. The van der Waals surface area contributed by atoms with Crippen molar-refractivity contribution in [2.45, 2.75) is 49.4 Å². The number of benzene rings is 1. The van der Waals surface area contributed by atoms with Crippen molar-refractivity contribution in [2.24, 2.45) is 0 Å². The molecule has 1 aromatic carbocycles. The third-order valence-electron chi connectivity index (χ3n) is 3.81. The number of ether oxygens (including phenoxy) is 1. The quantitative estimate of drug-likeness (QED) is 0.703. The van der Waals surface area contributed by atoms with E-state index in [1.165, 1.54) is 17.7 Å². The van der Waals surface area contributed by atoms with E-state index in [0.717, 1.165) is 28.3 Å². The number of pyridine rings is 1. The minimum absolute atomic E-state index is 0.0165. The molecule has 0 amide bonds. The summed E-state index contributed by atoms with van der Waals surface area (Å²) in [5.74, 6) is 0. The van der Waals surface area contributed by atoms with Crippen LogP contribution in [0.2, 0.25) is 0 Å². The van der Waals surface area contributed by atoms with Gasteiger partial charge in [0.2, 0.25) is 0 Å². The molecule has 5 nitrogen and oxygen atoms in total. The summed E-state index contributed by atoms with van der Waals surface area (Å²) < 4.78 is 5.56. The highest BCUT2D eigenvalue weighted by Gasteiger charge is 2.16. The number of hydrogen-bond donors (Lipinski definition) is 2. The van der Waals surface area contributed by atoms with Gasteiger partial charge < -0.3 is 15.0 Å². The highest BCUT2D eigenvalue weighted by atomic mass is 79.9. The number of H-pyrrole nitrogens is 1. The average Bonchev–Trinajstić information content (AvgIpc) is 2.58. The lowest BCUT2D eigenvalue weighted by Crippen LogP contribution is -2.29. The molecule has 26 heavy (non-hydrogen) atoms. The third-order valence-corrected chi connectivity index (χ3v) is 5.70. The molecule has 2 heterocycles. The maximum Gasteiger partial charge on any atom is 0.293 e. The Labute approximate surface area is 166 Å². The van der Waals surface area contributed by atoms with Gasteiger partial charge in [-0.25, -0.2) is 0 Å². The van der Waals surface area contributed by atoms with Gasteiger partial charge in [-0.1, -0.05) is 15.9 Å². The fourth-order valence-electron chi connectivity index (χ4n) is 2.54. The highest BCUT2D eigenvalue weighted by Crippen LogP contribution is 2.33. The molecule has 1 aliphatic rings. The van der Waals surface area contributed by atoms with Crippen molar-refractivity contribution in [3.63, 3.8) is 0 Å². The SMILES string of the molecule is CC(C)(C)OC=O.O=c1[nH]cc(SC2CCNCC2)c2cc(Br)ccc12. The second-order valence-corrected chi connectivity index (χ2v) is 9.32. The van der Waals surface area contributed by atoms with Gasteiger partial charge >= 0.3 is 0 Å². The zero-order valence-corrected chi connectivity index (χ0v) is 17.7. The largest absolute Gasteiger partial charge is 0.462 e. The average molecular weight is 441 g/mol. The van der Waals surface area contributed by atoms with Crippen molar-refractivity contribution in [1.29, 1.82) is 0 Å². The van der Waals surface area contributed by atoms with Gasteiger partial charge in [-0.3, -0.25) is 9.59 Å². The number of rotatable bonds is 3. The molecule has 0 radical (unpaired) electrons. The maximum absolute atomic E-state index is 11.8. The van der Waals surface area contributed by atoms with Crippen LogP contribution in [-0.4, -0.2) is 35.4 Å². The van der Waals surface area contributed by atoms with Crippen LogP contribution in [0.4, 0.5) is 0 Å². The first-order valence-corrected chi connectivity index (χ1v) is 10.3. The van der Waals surface area contributed by atoms with E-state index in [0.29, 0.717) is 11.7 Å². The highest BCUT2D eigenvalue weighted by molar-refractivity contribution is 9.10. The van der Waals surface area contributed by atoms with Gasteiger partial charge in [-0.2, -0.15) is 0 Å². The molecule has 1 fully saturated rings. The topological polar surface area (TPSA) is 71.2 Å². The summed E-state index contributed by atoms with van der Waals surface area (Å²) in [4.78, 5) is 25.5. The van der Waals surface area contributed by atoms with Crippen LogP contribution in [0.3, 0.4) is 0 Å². The van der Waals surface area contributed by atoms with Crippen LogP contribution in [0.25, 0.3) is 10.8 Å². The van der Waals surface area contributed by atoms with Crippen molar-refractivity contribution in [2.75, 3.05) is 13.1 Å². The predicted molar refractivity (Wildman–Crippen MR) is 111 cm³/mol. The molecule has 7 heteroatoms. The summed E-state index contributed by atoms with van der Waals surface area (Å²) in [5.41, 5.74) is -0.334. The van der Waals surface area contributed by atoms with E-state index in [4.69, 9.17) is 0 Å². The van der Waals surface area contributed by atoms with Crippen molar-refractivity contribution in [3.8, 4) is 0 Å². The van der Waals surface area contributed by atoms with Crippen LogP contribution < -0.4 is 10.9 Å². The third kappa shape index (κ3) is 6.45. The van der Waals surface area contributed by atoms with Crippen molar-refractivity contribution < 1.29 is 9.53 Å². The zero-order chi connectivity index (χ0) is 19.2. The molecular weight excluding hydrogens is 416 g/mol. The van der Waals surface area contributed by atoms with E-state index in [2.05, 4.69) is 31.0 Å². The monoisotopic (exact) mass is 440 g/mol. The van der Waals surface area contributed by atoms with E-state index >= 15 is 0 Å². The Morgan fingerprint density at radius 3 is 2.50 bits per heavy atom. The van der Waals surface area contributed by atoms with Crippen molar-refractivity contribution in [3.05, 3.63) is 39.2 Å². The number of carbonyl (C=O) groups excluding carboxylic acids is 1. The summed E-state index contributed by atoms with van der Waals surface area (Å²) in [6.07, 6.45) is 4.21. The second-order valence-electron chi connectivity index (χ2n) is 7.07. The molecular formula is C19H25BrN2O3S. The molecule has 0 saturated carbocycles. The van der Waals surface area contributed by atoms with Crippen molar-refractivity contribution >= 4 is 44.9 Å². The van der Waals surface area contributed by atoms with Gasteiger partial charge in [0.05, 0.1) is 0 Å². The number of thioether (sulfide) groups is 1. The lowest BCUT2D eigenvalue weighted by Gasteiger charge is -2.22. The van der Waals surface area contributed by atoms with Crippen LogP contribution in [0.1, 0.15) is 33.6 Å². The number of piperidine rings is 1. The Kier molecular flexibility index (Phi) is 7.73. The Morgan fingerprint density at radius 2 is 1.92 bits per heavy atom. The molecule has 0 bridgehead atoms. The van der Waals surface area contributed by atoms with Crippen LogP contribution >= 0.6 is 27.7 Å². The van der Waals surface area contributed by atoms with Gasteiger partial charge in [-0.15, -0.1) is 11.8 Å². The second kappa shape index (κ2) is 9.58. The number of halogens is 1.